The molecule has 1 atom stereocenters. The molecule has 0 aliphatic heterocycles. The van der Waals surface area contributed by atoms with E-state index in [1.54, 1.807) is 6.20 Å². The Morgan fingerprint density at radius 1 is 1.21 bits per heavy atom. The zero-order chi connectivity index (χ0) is 20.0. The molecule has 29 heavy (non-hydrogen) atoms. The third-order valence-corrected chi connectivity index (χ3v) is 5.74. The molecule has 1 amide bonds. The molecule has 2 aliphatic carbocycles. The average molecular weight is 389 g/mol. The fraction of sp³-hybridized carbons (Fsp3) is 0.333. The zero-order valence-electron chi connectivity index (χ0n) is 15.9. The maximum Gasteiger partial charge on any atom is 0.254 e. The number of carbonyl (C=O) groups is 1. The molecule has 6 N–H and O–H groups in total. The first-order valence-electron chi connectivity index (χ1n) is 9.86. The van der Waals surface area contributed by atoms with E-state index < -0.39 is 5.91 Å². The number of primary amides is 1. The standard InChI is InChI=1S/C21H23N7O/c22-18(29)15-11-25-20(27-17(12-3-4-12)21(23)7-8-21)28-19(15)26-14-5-6-16-13(10-14)2-1-9-24-16/h1-2,5-6,9-12,17H,3-4,7-8,23H2,(H2,22,29)(H2,25,26,27,28). The first-order valence-corrected chi connectivity index (χ1v) is 9.86. The number of amides is 1. The molecule has 148 valence electrons. The minimum Gasteiger partial charge on any atom is -0.365 e. The Morgan fingerprint density at radius 2 is 2.03 bits per heavy atom. The molecule has 8 nitrogen and oxygen atoms in total. The topological polar surface area (TPSA) is 132 Å². The molecule has 8 heteroatoms. The number of pyridine rings is 1. The summed E-state index contributed by atoms with van der Waals surface area (Å²) in [5.41, 5.74) is 13.7. The van der Waals surface area contributed by atoms with Crippen LogP contribution in [0.25, 0.3) is 10.9 Å². The van der Waals surface area contributed by atoms with Crippen molar-refractivity contribution in [1.82, 2.24) is 15.0 Å². The Kier molecular flexibility index (Phi) is 4.09. The van der Waals surface area contributed by atoms with Crippen molar-refractivity contribution in [2.45, 2.75) is 37.3 Å². The summed E-state index contributed by atoms with van der Waals surface area (Å²) < 4.78 is 0. The lowest BCUT2D eigenvalue weighted by atomic mass is 10.0. The second kappa shape index (κ2) is 6.66. The van der Waals surface area contributed by atoms with Crippen molar-refractivity contribution in [3.63, 3.8) is 0 Å². The van der Waals surface area contributed by atoms with Gasteiger partial charge in [-0.3, -0.25) is 9.78 Å². The van der Waals surface area contributed by atoms with Gasteiger partial charge < -0.3 is 22.1 Å². The number of nitrogens with two attached hydrogens (primary N) is 2. The molecule has 5 rings (SSSR count). The van der Waals surface area contributed by atoms with Gasteiger partial charge in [0.2, 0.25) is 5.95 Å². The highest BCUT2D eigenvalue weighted by Gasteiger charge is 2.52. The molecule has 0 bridgehead atoms. The van der Waals surface area contributed by atoms with Crippen molar-refractivity contribution in [2.75, 3.05) is 10.6 Å². The van der Waals surface area contributed by atoms with Crippen molar-refractivity contribution >= 4 is 34.3 Å². The van der Waals surface area contributed by atoms with Gasteiger partial charge in [0.25, 0.3) is 5.91 Å². The Balaban J connectivity index is 1.45. The molecule has 0 spiro atoms. The molecule has 1 aromatic carbocycles. The van der Waals surface area contributed by atoms with Crippen LogP contribution in [0.5, 0.6) is 0 Å². The molecule has 0 saturated heterocycles. The number of hydrogen-bond acceptors (Lipinski definition) is 7. The molecular weight excluding hydrogens is 366 g/mol. The normalized spacial score (nSPS) is 18.2. The Morgan fingerprint density at radius 3 is 2.76 bits per heavy atom. The van der Waals surface area contributed by atoms with Crippen LogP contribution in [0.3, 0.4) is 0 Å². The number of rotatable bonds is 7. The van der Waals surface area contributed by atoms with E-state index in [1.165, 1.54) is 19.0 Å². The van der Waals surface area contributed by atoms with E-state index in [9.17, 15) is 4.79 Å². The van der Waals surface area contributed by atoms with E-state index >= 15 is 0 Å². The third kappa shape index (κ3) is 3.58. The van der Waals surface area contributed by atoms with Crippen molar-refractivity contribution in [3.8, 4) is 0 Å². The summed E-state index contributed by atoms with van der Waals surface area (Å²) in [6.45, 7) is 0. The number of nitrogens with one attached hydrogen (secondary N) is 2. The lowest BCUT2D eigenvalue weighted by Crippen LogP contribution is -2.44. The van der Waals surface area contributed by atoms with Crippen molar-refractivity contribution in [2.24, 2.45) is 17.4 Å². The number of carbonyl (C=O) groups excluding carboxylic acids is 1. The Hall–Kier alpha value is -3.26. The molecular formula is C21H23N7O. The summed E-state index contributed by atoms with van der Waals surface area (Å²) in [5.74, 6) is 0.798. The zero-order valence-corrected chi connectivity index (χ0v) is 15.9. The fourth-order valence-corrected chi connectivity index (χ4v) is 3.77. The van der Waals surface area contributed by atoms with Gasteiger partial charge in [-0.05, 0) is 55.9 Å². The van der Waals surface area contributed by atoms with Crippen LogP contribution >= 0.6 is 0 Å². The summed E-state index contributed by atoms with van der Waals surface area (Å²) in [6, 6.07) is 9.77. The molecule has 0 radical (unpaired) electrons. The Bertz CT molecular complexity index is 1090. The van der Waals surface area contributed by atoms with Crippen LogP contribution in [0.1, 0.15) is 36.0 Å². The minimum absolute atomic E-state index is 0.154. The van der Waals surface area contributed by atoms with Crippen molar-refractivity contribution in [1.29, 1.82) is 0 Å². The Labute approximate surface area is 168 Å². The monoisotopic (exact) mass is 389 g/mol. The van der Waals surface area contributed by atoms with Gasteiger partial charge in [0.15, 0.2) is 0 Å². The van der Waals surface area contributed by atoms with Gasteiger partial charge in [-0.25, -0.2) is 4.98 Å². The lowest BCUT2D eigenvalue weighted by molar-refractivity contribution is 0.100. The predicted octanol–water partition coefficient (Wildman–Crippen LogP) is 2.55. The molecule has 3 aromatic rings. The quantitative estimate of drug-likeness (QED) is 0.488. The summed E-state index contributed by atoms with van der Waals surface area (Å²) in [6.07, 6.45) is 7.58. The van der Waals surface area contributed by atoms with Crippen LogP contribution in [0.4, 0.5) is 17.5 Å². The summed E-state index contributed by atoms with van der Waals surface area (Å²) in [5, 5.41) is 7.61. The first kappa shape index (κ1) is 17.8. The van der Waals surface area contributed by atoms with E-state index in [1.807, 2.05) is 30.3 Å². The first-order chi connectivity index (χ1) is 14.0. The van der Waals surface area contributed by atoms with Crippen LogP contribution < -0.4 is 22.1 Å². The molecule has 2 aliphatic rings. The largest absolute Gasteiger partial charge is 0.365 e. The van der Waals surface area contributed by atoms with E-state index in [2.05, 4.69) is 25.6 Å². The SMILES string of the molecule is NC(=O)c1cnc(NC(C2CC2)C2(N)CC2)nc1Nc1ccc2ncccc2c1. The van der Waals surface area contributed by atoms with Crippen molar-refractivity contribution < 1.29 is 4.79 Å². The molecule has 2 aromatic heterocycles. The van der Waals surface area contributed by atoms with Gasteiger partial charge in [0.05, 0.1) is 5.52 Å². The highest BCUT2D eigenvalue weighted by Crippen LogP contribution is 2.47. The van der Waals surface area contributed by atoms with Crippen LogP contribution in [-0.4, -0.2) is 32.4 Å². The fourth-order valence-electron chi connectivity index (χ4n) is 3.77. The number of aromatic nitrogens is 3. The molecule has 2 heterocycles. The van der Waals surface area contributed by atoms with E-state index in [4.69, 9.17) is 11.5 Å². The van der Waals surface area contributed by atoms with E-state index in [-0.39, 0.29) is 17.1 Å². The van der Waals surface area contributed by atoms with Gasteiger partial charge in [-0.2, -0.15) is 4.98 Å². The highest BCUT2D eigenvalue weighted by molar-refractivity contribution is 5.98. The smallest absolute Gasteiger partial charge is 0.254 e. The molecule has 1 unspecified atom stereocenters. The number of benzene rings is 1. The van der Waals surface area contributed by atoms with E-state index in [0.717, 1.165) is 29.4 Å². The van der Waals surface area contributed by atoms with Gasteiger partial charge in [0.1, 0.15) is 11.4 Å². The predicted molar refractivity (Wildman–Crippen MR) is 112 cm³/mol. The second-order valence-electron chi connectivity index (χ2n) is 8.05. The van der Waals surface area contributed by atoms with Crippen LogP contribution in [0.2, 0.25) is 0 Å². The number of hydrogen-bond donors (Lipinski definition) is 4. The lowest BCUT2D eigenvalue weighted by Gasteiger charge is -2.25. The maximum absolute atomic E-state index is 11.9. The summed E-state index contributed by atoms with van der Waals surface area (Å²) in [7, 11) is 0. The molecule has 2 fully saturated rings. The molecule has 2 saturated carbocycles. The number of nitrogens with zero attached hydrogens (tertiary/aromatic N) is 3. The minimum atomic E-state index is -0.585. The van der Waals surface area contributed by atoms with E-state index in [0.29, 0.717) is 17.7 Å². The van der Waals surface area contributed by atoms with Gasteiger partial charge >= 0.3 is 0 Å². The summed E-state index contributed by atoms with van der Waals surface area (Å²) >= 11 is 0. The summed E-state index contributed by atoms with van der Waals surface area (Å²) in [4.78, 5) is 25.1. The second-order valence-corrected chi connectivity index (χ2v) is 8.05. The van der Waals surface area contributed by atoms with Gasteiger partial charge in [-0.1, -0.05) is 6.07 Å². The number of fused-ring (bicyclic) bond motifs is 1. The average Bonchev–Trinajstić information content (AvgIpc) is 3.63. The van der Waals surface area contributed by atoms with Gasteiger partial charge in [-0.15, -0.1) is 0 Å². The van der Waals surface area contributed by atoms with Gasteiger partial charge in [0, 0.05) is 35.0 Å². The highest BCUT2D eigenvalue weighted by atomic mass is 16.1. The van der Waals surface area contributed by atoms with Crippen LogP contribution in [-0.2, 0) is 0 Å². The van der Waals surface area contributed by atoms with Crippen molar-refractivity contribution in [3.05, 3.63) is 48.3 Å². The van der Waals surface area contributed by atoms with Crippen LogP contribution in [0, 0.1) is 5.92 Å². The maximum atomic E-state index is 11.9. The third-order valence-electron chi connectivity index (χ3n) is 5.74. The number of anilines is 3. The van der Waals surface area contributed by atoms with Crippen LogP contribution in [0.15, 0.2) is 42.7 Å².